The second-order valence-corrected chi connectivity index (χ2v) is 5.26. The van der Waals surface area contributed by atoms with Crippen LogP contribution in [0.4, 0.5) is 17.6 Å². The first-order valence-corrected chi connectivity index (χ1v) is 6.93. The Labute approximate surface area is 129 Å². The quantitative estimate of drug-likeness (QED) is 0.713. The fraction of sp³-hybridized carbons (Fsp3) is 0.176. The van der Waals surface area contributed by atoms with Crippen LogP contribution in [-0.4, -0.2) is 9.67 Å². The summed E-state index contributed by atoms with van der Waals surface area (Å²) in [6, 6.07) is 9.73. The van der Waals surface area contributed by atoms with Gasteiger partial charge in [0.1, 0.15) is 5.82 Å². The van der Waals surface area contributed by atoms with Crippen molar-refractivity contribution < 1.29 is 22.7 Å². The van der Waals surface area contributed by atoms with E-state index in [1.54, 1.807) is 22.9 Å². The van der Waals surface area contributed by atoms with Crippen LogP contribution in [0.3, 0.4) is 0 Å². The first kappa shape index (κ1) is 15.6. The van der Waals surface area contributed by atoms with Crippen LogP contribution in [0.25, 0.3) is 10.9 Å². The Morgan fingerprint density at radius 1 is 1.00 bits per heavy atom. The molecular formula is C17H13F4NO. The SMILES string of the molecule is OCc1cc2c(ccn2Cc2ccccc2C(F)(F)F)cc1F. The van der Waals surface area contributed by atoms with Gasteiger partial charge in [-0.2, -0.15) is 13.2 Å². The Hall–Kier alpha value is -2.34. The fourth-order valence-corrected chi connectivity index (χ4v) is 2.63. The van der Waals surface area contributed by atoms with Gasteiger partial charge in [-0.3, -0.25) is 0 Å². The van der Waals surface area contributed by atoms with Crippen molar-refractivity contribution in [2.24, 2.45) is 0 Å². The number of halogens is 4. The molecule has 120 valence electrons. The van der Waals surface area contributed by atoms with E-state index in [2.05, 4.69) is 0 Å². The van der Waals surface area contributed by atoms with Gasteiger partial charge in [-0.25, -0.2) is 4.39 Å². The van der Waals surface area contributed by atoms with Gasteiger partial charge in [0, 0.05) is 29.2 Å². The average molecular weight is 323 g/mol. The van der Waals surface area contributed by atoms with Crippen LogP contribution in [0.15, 0.2) is 48.7 Å². The maximum absolute atomic E-state index is 13.7. The highest BCUT2D eigenvalue weighted by Crippen LogP contribution is 2.32. The molecular weight excluding hydrogens is 310 g/mol. The zero-order valence-electron chi connectivity index (χ0n) is 11.9. The minimum atomic E-state index is -4.43. The van der Waals surface area contributed by atoms with Crippen molar-refractivity contribution in [3.05, 3.63) is 71.2 Å². The monoisotopic (exact) mass is 323 g/mol. The van der Waals surface area contributed by atoms with E-state index in [9.17, 15) is 17.6 Å². The molecule has 1 aromatic heterocycles. The molecule has 0 unspecified atom stereocenters. The lowest BCUT2D eigenvalue weighted by Crippen LogP contribution is -2.11. The van der Waals surface area contributed by atoms with E-state index in [0.717, 1.165) is 6.07 Å². The van der Waals surface area contributed by atoms with Crippen LogP contribution < -0.4 is 0 Å². The molecule has 6 heteroatoms. The zero-order valence-corrected chi connectivity index (χ0v) is 11.9. The Kier molecular flexibility index (Phi) is 3.85. The normalized spacial score (nSPS) is 12.0. The Balaban J connectivity index is 2.06. The van der Waals surface area contributed by atoms with Gasteiger partial charge in [0.05, 0.1) is 12.2 Å². The summed E-state index contributed by atoms with van der Waals surface area (Å²) in [5.74, 6) is -0.534. The Morgan fingerprint density at radius 2 is 1.74 bits per heavy atom. The molecule has 2 aromatic carbocycles. The number of fused-ring (bicyclic) bond motifs is 1. The summed E-state index contributed by atoms with van der Waals surface area (Å²) in [6.07, 6.45) is -2.82. The van der Waals surface area contributed by atoms with E-state index < -0.39 is 24.2 Å². The summed E-state index contributed by atoms with van der Waals surface area (Å²) < 4.78 is 54.5. The number of rotatable bonds is 3. The molecule has 0 saturated carbocycles. The van der Waals surface area contributed by atoms with E-state index in [4.69, 9.17) is 5.11 Å². The van der Waals surface area contributed by atoms with Crippen LogP contribution in [0.2, 0.25) is 0 Å². The lowest BCUT2D eigenvalue weighted by molar-refractivity contribution is -0.138. The standard InChI is InChI=1S/C17H13F4NO/c18-15-7-11-5-6-22(16(11)8-13(15)10-23)9-12-3-1-2-4-14(12)17(19,20)21/h1-8,23H,9-10H2. The van der Waals surface area contributed by atoms with Crippen LogP contribution in [0.5, 0.6) is 0 Å². The highest BCUT2D eigenvalue weighted by Gasteiger charge is 2.32. The lowest BCUT2D eigenvalue weighted by Gasteiger charge is -2.14. The van der Waals surface area contributed by atoms with Crippen LogP contribution in [0.1, 0.15) is 16.7 Å². The fourth-order valence-electron chi connectivity index (χ4n) is 2.63. The van der Waals surface area contributed by atoms with E-state index in [1.807, 2.05) is 0 Å². The smallest absolute Gasteiger partial charge is 0.392 e. The summed E-state index contributed by atoms with van der Waals surface area (Å²) in [4.78, 5) is 0. The molecule has 2 nitrogen and oxygen atoms in total. The highest BCUT2D eigenvalue weighted by molar-refractivity contribution is 5.81. The molecule has 1 N–H and O–H groups in total. The molecule has 3 aromatic rings. The molecule has 3 rings (SSSR count). The third-order valence-electron chi connectivity index (χ3n) is 3.77. The lowest BCUT2D eigenvalue weighted by atomic mass is 10.1. The Bertz CT molecular complexity index is 851. The largest absolute Gasteiger partial charge is 0.416 e. The van der Waals surface area contributed by atoms with Crippen LogP contribution >= 0.6 is 0 Å². The number of alkyl halides is 3. The van der Waals surface area contributed by atoms with Gasteiger partial charge in [0.2, 0.25) is 0 Å². The van der Waals surface area contributed by atoms with Crippen molar-refractivity contribution in [1.29, 1.82) is 0 Å². The van der Waals surface area contributed by atoms with Gasteiger partial charge in [0.15, 0.2) is 0 Å². The van der Waals surface area contributed by atoms with Gasteiger partial charge in [0.25, 0.3) is 0 Å². The summed E-state index contributed by atoms with van der Waals surface area (Å²) in [5, 5.41) is 9.72. The second kappa shape index (κ2) is 5.70. The van der Waals surface area contributed by atoms with Crippen LogP contribution in [-0.2, 0) is 19.3 Å². The predicted octanol–water partition coefficient (Wildman–Crippen LogP) is 4.34. The third-order valence-corrected chi connectivity index (χ3v) is 3.77. The van der Waals surface area contributed by atoms with Crippen molar-refractivity contribution in [2.75, 3.05) is 0 Å². The third kappa shape index (κ3) is 2.94. The minimum Gasteiger partial charge on any atom is -0.392 e. The Morgan fingerprint density at radius 3 is 2.43 bits per heavy atom. The molecule has 0 atom stereocenters. The van der Waals surface area contributed by atoms with Crippen molar-refractivity contribution in [1.82, 2.24) is 4.57 Å². The molecule has 0 aliphatic heterocycles. The number of nitrogens with zero attached hydrogens (tertiary/aromatic N) is 1. The number of aromatic nitrogens is 1. The number of hydrogen-bond acceptors (Lipinski definition) is 1. The number of aliphatic hydroxyl groups excluding tert-OH is 1. The van der Waals surface area contributed by atoms with Gasteiger partial charge in [-0.1, -0.05) is 18.2 Å². The zero-order chi connectivity index (χ0) is 16.6. The summed E-state index contributed by atoms with van der Waals surface area (Å²) in [7, 11) is 0. The van der Waals surface area contributed by atoms with Crippen molar-refractivity contribution in [3.63, 3.8) is 0 Å². The molecule has 0 spiro atoms. The molecule has 0 aliphatic rings. The van der Waals surface area contributed by atoms with Crippen molar-refractivity contribution >= 4 is 10.9 Å². The van der Waals surface area contributed by atoms with Gasteiger partial charge in [-0.05, 0) is 29.8 Å². The minimum absolute atomic E-state index is 0.00961. The van der Waals surface area contributed by atoms with Crippen molar-refractivity contribution in [2.45, 2.75) is 19.3 Å². The first-order valence-electron chi connectivity index (χ1n) is 6.93. The maximum atomic E-state index is 13.7. The first-order chi connectivity index (χ1) is 10.9. The summed E-state index contributed by atoms with van der Waals surface area (Å²) in [6.45, 7) is -0.457. The summed E-state index contributed by atoms with van der Waals surface area (Å²) in [5.41, 5.74) is 0.132. The number of aliphatic hydroxyl groups is 1. The van der Waals surface area contributed by atoms with Gasteiger partial charge < -0.3 is 9.67 Å². The van der Waals surface area contributed by atoms with Gasteiger partial charge in [-0.15, -0.1) is 0 Å². The molecule has 0 radical (unpaired) electrons. The van der Waals surface area contributed by atoms with Crippen molar-refractivity contribution in [3.8, 4) is 0 Å². The molecule has 0 fully saturated rings. The molecule has 0 amide bonds. The number of hydrogen-bond donors (Lipinski definition) is 1. The van der Waals surface area contributed by atoms with E-state index in [1.165, 1.54) is 24.3 Å². The average Bonchev–Trinajstić information content (AvgIpc) is 2.87. The topological polar surface area (TPSA) is 25.2 Å². The van der Waals surface area contributed by atoms with E-state index in [-0.39, 0.29) is 17.7 Å². The molecule has 0 bridgehead atoms. The molecule has 0 aliphatic carbocycles. The van der Waals surface area contributed by atoms with E-state index in [0.29, 0.717) is 10.9 Å². The number of benzene rings is 2. The predicted molar refractivity (Wildman–Crippen MR) is 78.4 cm³/mol. The molecule has 1 heterocycles. The highest BCUT2D eigenvalue weighted by atomic mass is 19.4. The molecule has 0 saturated heterocycles. The summed E-state index contributed by atoms with van der Waals surface area (Å²) >= 11 is 0. The van der Waals surface area contributed by atoms with Crippen LogP contribution in [0, 0.1) is 5.82 Å². The molecule has 23 heavy (non-hydrogen) atoms. The second-order valence-electron chi connectivity index (χ2n) is 5.26. The van der Waals surface area contributed by atoms with Gasteiger partial charge >= 0.3 is 6.18 Å². The maximum Gasteiger partial charge on any atom is 0.416 e. The van der Waals surface area contributed by atoms with E-state index >= 15 is 0 Å².